The zero-order valence-corrected chi connectivity index (χ0v) is 23.3. The minimum Gasteiger partial charge on any atom is -0.508 e. The van der Waals surface area contributed by atoms with Crippen LogP contribution in [0, 0.1) is 11.8 Å². The minimum atomic E-state index is -3.28. The number of aliphatic hydroxyl groups is 5. The standard InChI is InChI=1S/C29H34N2O9/c1-7-8-9-10-15-11-17(30(3)4)16-12-27(38)13-28(39)24(31(5)6)23(35)18(14(2)32)25(36)29(28,40)26(37)20(27)22(34)19(16)21(15)33/h11,24,33-34,36,38-40H,7-8,12-13H2,1-6H3. The van der Waals surface area contributed by atoms with E-state index in [4.69, 9.17) is 0 Å². The van der Waals surface area contributed by atoms with Crippen molar-refractivity contribution in [3.8, 4) is 17.6 Å². The van der Waals surface area contributed by atoms with E-state index >= 15 is 0 Å². The molecule has 0 saturated heterocycles. The molecule has 4 unspecified atom stereocenters. The molecule has 11 nitrogen and oxygen atoms in total. The molecule has 0 aromatic heterocycles. The van der Waals surface area contributed by atoms with Gasteiger partial charge in [-0.3, -0.25) is 19.3 Å². The summed E-state index contributed by atoms with van der Waals surface area (Å²) >= 11 is 0. The first-order valence-electron chi connectivity index (χ1n) is 12.9. The van der Waals surface area contributed by atoms with Crippen molar-refractivity contribution < 1.29 is 45.0 Å². The fraction of sp³-hybridized carbons (Fsp3) is 0.483. The number of rotatable bonds is 4. The Labute approximate surface area is 231 Å². The van der Waals surface area contributed by atoms with Gasteiger partial charge in [-0.2, -0.15) is 0 Å². The van der Waals surface area contributed by atoms with Gasteiger partial charge in [-0.05, 0) is 39.1 Å². The average molecular weight is 555 g/mol. The number of aliphatic hydroxyl groups excluding tert-OH is 2. The lowest BCUT2D eigenvalue weighted by Gasteiger charge is -2.57. The largest absolute Gasteiger partial charge is 0.508 e. The fourth-order valence-corrected chi connectivity index (χ4v) is 6.32. The number of benzene rings is 1. The van der Waals surface area contributed by atoms with Crippen LogP contribution in [0.15, 0.2) is 23.0 Å². The lowest BCUT2D eigenvalue weighted by molar-refractivity contribution is -0.216. The van der Waals surface area contributed by atoms with E-state index in [1.165, 1.54) is 19.0 Å². The van der Waals surface area contributed by atoms with Crippen LogP contribution in [0.4, 0.5) is 5.69 Å². The van der Waals surface area contributed by atoms with Gasteiger partial charge < -0.3 is 35.5 Å². The number of likely N-dealkylation sites (N-methyl/N-ethyl adjacent to an activating group) is 1. The molecule has 0 radical (unpaired) electrons. The molecule has 40 heavy (non-hydrogen) atoms. The molecule has 4 atom stereocenters. The van der Waals surface area contributed by atoms with Gasteiger partial charge in [-0.25, -0.2) is 0 Å². The van der Waals surface area contributed by atoms with Gasteiger partial charge in [0.25, 0.3) is 0 Å². The first kappa shape index (κ1) is 29.3. The Morgan fingerprint density at radius 1 is 1.10 bits per heavy atom. The Kier molecular flexibility index (Phi) is 6.92. The van der Waals surface area contributed by atoms with Crippen LogP contribution in [0.1, 0.15) is 49.8 Å². The number of hydrogen-bond acceptors (Lipinski definition) is 11. The quantitative estimate of drug-likeness (QED) is 0.226. The molecule has 1 aromatic carbocycles. The van der Waals surface area contributed by atoms with Gasteiger partial charge in [0.2, 0.25) is 11.4 Å². The molecule has 0 amide bonds. The summed E-state index contributed by atoms with van der Waals surface area (Å²) in [6, 6.07) is -0.141. The molecular formula is C29H34N2O9. The summed E-state index contributed by atoms with van der Waals surface area (Å²) in [6.45, 7) is 2.90. The Morgan fingerprint density at radius 2 is 1.73 bits per heavy atom. The van der Waals surface area contributed by atoms with Crippen LogP contribution < -0.4 is 4.90 Å². The van der Waals surface area contributed by atoms with E-state index in [-0.39, 0.29) is 16.7 Å². The van der Waals surface area contributed by atoms with Crippen molar-refractivity contribution in [3.05, 3.63) is 39.7 Å². The lowest BCUT2D eigenvalue weighted by atomic mass is 9.53. The third-order valence-corrected chi connectivity index (χ3v) is 8.01. The molecule has 3 aliphatic rings. The molecule has 1 fully saturated rings. The van der Waals surface area contributed by atoms with Gasteiger partial charge in [0.1, 0.15) is 40.1 Å². The topological polar surface area (TPSA) is 179 Å². The molecule has 11 heteroatoms. The van der Waals surface area contributed by atoms with Gasteiger partial charge in [0, 0.05) is 39.0 Å². The number of ketones is 3. The molecule has 214 valence electrons. The van der Waals surface area contributed by atoms with E-state index < -0.39 is 81.5 Å². The van der Waals surface area contributed by atoms with Crippen LogP contribution in [-0.4, -0.2) is 104 Å². The van der Waals surface area contributed by atoms with E-state index in [0.717, 1.165) is 13.3 Å². The Balaban J connectivity index is 2.09. The van der Waals surface area contributed by atoms with Crippen molar-refractivity contribution in [1.29, 1.82) is 0 Å². The van der Waals surface area contributed by atoms with Gasteiger partial charge in [0.05, 0.1) is 16.7 Å². The van der Waals surface area contributed by atoms with Crippen LogP contribution in [0.25, 0.3) is 5.76 Å². The predicted octanol–water partition coefficient (Wildman–Crippen LogP) is 0.515. The van der Waals surface area contributed by atoms with Crippen LogP contribution in [0.3, 0.4) is 0 Å². The number of carbonyl (C=O) groups is 3. The van der Waals surface area contributed by atoms with Gasteiger partial charge in [-0.1, -0.05) is 18.8 Å². The monoisotopic (exact) mass is 554 g/mol. The number of fused-ring (bicyclic) bond motifs is 3. The van der Waals surface area contributed by atoms with Crippen LogP contribution in [-0.2, 0) is 20.8 Å². The number of hydrogen-bond donors (Lipinski definition) is 6. The zero-order valence-electron chi connectivity index (χ0n) is 23.3. The Morgan fingerprint density at radius 3 is 2.25 bits per heavy atom. The molecule has 4 rings (SSSR count). The number of unbranched alkanes of at least 4 members (excludes halogenated alkanes) is 1. The summed E-state index contributed by atoms with van der Waals surface area (Å²) in [7, 11) is 6.14. The van der Waals surface area contributed by atoms with E-state index in [1.54, 1.807) is 25.1 Å². The van der Waals surface area contributed by atoms with E-state index in [9.17, 15) is 45.0 Å². The third kappa shape index (κ3) is 3.71. The summed E-state index contributed by atoms with van der Waals surface area (Å²) < 4.78 is 0. The van der Waals surface area contributed by atoms with Crippen LogP contribution >= 0.6 is 0 Å². The molecule has 0 heterocycles. The van der Waals surface area contributed by atoms with Crippen molar-refractivity contribution in [2.24, 2.45) is 0 Å². The van der Waals surface area contributed by atoms with Crippen molar-refractivity contribution in [1.82, 2.24) is 4.90 Å². The summed E-state index contributed by atoms with van der Waals surface area (Å²) in [5.74, 6) is -0.403. The highest BCUT2D eigenvalue weighted by Gasteiger charge is 2.75. The maximum atomic E-state index is 14.1. The molecule has 1 aromatic rings. The predicted molar refractivity (Wildman–Crippen MR) is 145 cm³/mol. The molecule has 6 N–H and O–H groups in total. The van der Waals surface area contributed by atoms with Crippen molar-refractivity contribution in [2.45, 2.75) is 62.4 Å². The van der Waals surface area contributed by atoms with E-state index in [0.29, 0.717) is 12.1 Å². The molecule has 0 spiro atoms. The van der Waals surface area contributed by atoms with Crippen LogP contribution in [0.5, 0.6) is 5.75 Å². The second-order valence-electron chi connectivity index (χ2n) is 11.2. The minimum absolute atomic E-state index is 0.157. The Hall–Kier alpha value is -3.69. The Bertz CT molecular complexity index is 1480. The first-order chi connectivity index (χ1) is 18.5. The number of anilines is 1. The number of aromatic hydroxyl groups is 1. The average Bonchev–Trinajstić information content (AvgIpc) is 2.82. The lowest BCUT2D eigenvalue weighted by Crippen LogP contribution is -2.79. The third-order valence-electron chi connectivity index (χ3n) is 8.01. The van der Waals surface area contributed by atoms with Gasteiger partial charge >= 0.3 is 0 Å². The van der Waals surface area contributed by atoms with Gasteiger partial charge in [-0.15, -0.1) is 0 Å². The van der Waals surface area contributed by atoms with E-state index in [2.05, 4.69) is 11.8 Å². The van der Waals surface area contributed by atoms with Crippen molar-refractivity contribution >= 4 is 28.8 Å². The van der Waals surface area contributed by atoms with Crippen molar-refractivity contribution in [3.63, 3.8) is 0 Å². The smallest absolute Gasteiger partial charge is 0.216 e. The SMILES string of the molecule is CCCC#Cc1cc(N(C)C)c2c(c1O)C(O)=C1C(=O)C3(O)C(O)=C(C(C)=O)C(=O)C(N(C)C)C3(O)CC1(O)C2. The normalized spacial score (nSPS) is 29.5. The fourth-order valence-electron chi connectivity index (χ4n) is 6.32. The number of nitrogens with zero attached hydrogens (tertiary/aromatic N) is 2. The molecule has 1 saturated carbocycles. The second kappa shape index (κ2) is 9.45. The molecular weight excluding hydrogens is 520 g/mol. The summed E-state index contributed by atoms with van der Waals surface area (Å²) in [6.07, 6.45) is 0.0262. The number of carbonyl (C=O) groups excluding carboxylic acids is 3. The number of Topliss-reactive ketones (excluding diaryl/α,β-unsaturated/α-hetero) is 3. The summed E-state index contributed by atoms with van der Waals surface area (Å²) in [4.78, 5) is 42.6. The van der Waals surface area contributed by atoms with Gasteiger partial charge in [0.15, 0.2) is 11.6 Å². The number of phenolic OH excluding ortho intramolecular Hbond substituents is 1. The number of phenols is 1. The maximum absolute atomic E-state index is 14.1. The van der Waals surface area contributed by atoms with Crippen molar-refractivity contribution in [2.75, 3.05) is 33.1 Å². The zero-order chi connectivity index (χ0) is 30.1. The molecule has 0 aliphatic heterocycles. The van der Waals surface area contributed by atoms with Crippen LogP contribution in [0.2, 0.25) is 0 Å². The molecule has 3 aliphatic carbocycles. The highest BCUT2D eigenvalue weighted by Crippen LogP contribution is 2.57. The maximum Gasteiger partial charge on any atom is 0.216 e. The summed E-state index contributed by atoms with van der Waals surface area (Å²) in [5.41, 5.74) is -9.41. The summed E-state index contributed by atoms with van der Waals surface area (Å²) in [5, 5.41) is 69.4. The first-order valence-corrected chi connectivity index (χ1v) is 12.9. The second-order valence-corrected chi connectivity index (χ2v) is 11.2. The highest BCUT2D eigenvalue weighted by molar-refractivity contribution is 6.26. The highest BCUT2D eigenvalue weighted by atomic mass is 16.4. The van der Waals surface area contributed by atoms with E-state index in [1.807, 2.05) is 6.92 Å². The molecule has 0 bridgehead atoms.